The van der Waals surface area contributed by atoms with E-state index in [1.807, 2.05) is 48.5 Å². The summed E-state index contributed by atoms with van der Waals surface area (Å²) >= 11 is 5.97. The maximum atomic E-state index is 12.3. The summed E-state index contributed by atoms with van der Waals surface area (Å²) in [6.07, 6.45) is 2.47. The Balaban J connectivity index is 1.33. The molecule has 0 atom stereocenters. The second-order valence-corrected chi connectivity index (χ2v) is 7.99. The van der Waals surface area contributed by atoms with Crippen LogP contribution in [0.2, 0.25) is 5.02 Å². The average molecular weight is 448 g/mol. The molecule has 0 aliphatic heterocycles. The molecule has 1 heterocycles. The van der Waals surface area contributed by atoms with Crippen LogP contribution in [0, 0.1) is 0 Å². The summed E-state index contributed by atoms with van der Waals surface area (Å²) in [6.45, 7) is 2.05. The molecule has 0 radical (unpaired) electrons. The van der Waals surface area contributed by atoms with E-state index in [2.05, 4.69) is 16.0 Å². The standard InChI is InChI=1S/C26H26ClN3O2/c27-21-10-6-9-20(19-21)26(31)28-16-7-15-25-29-23-13-4-5-14-24(23)30(25)17-8-18-32-22-11-2-1-3-12-22/h1-6,9-14,19H,7-8,15-18H2,(H,28,31). The van der Waals surface area contributed by atoms with Crippen molar-refractivity contribution in [1.82, 2.24) is 14.9 Å². The topological polar surface area (TPSA) is 56.2 Å². The highest BCUT2D eigenvalue weighted by Gasteiger charge is 2.11. The summed E-state index contributed by atoms with van der Waals surface area (Å²) in [5.74, 6) is 1.81. The van der Waals surface area contributed by atoms with Crippen LogP contribution in [0.4, 0.5) is 0 Å². The second-order valence-electron chi connectivity index (χ2n) is 7.55. The highest BCUT2D eigenvalue weighted by molar-refractivity contribution is 6.30. The fourth-order valence-electron chi connectivity index (χ4n) is 3.68. The van der Waals surface area contributed by atoms with E-state index in [1.165, 1.54) is 0 Å². The lowest BCUT2D eigenvalue weighted by Gasteiger charge is -2.11. The van der Waals surface area contributed by atoms with Crippen molar-refractivity contribution < 1.29 is 9.53 Å². The largest absolute Gasteiger partial charge is 0.494 e. The Labute approximate surface area is 193 Å². The van der Waals surface area contributed by atoms with Crippen LogP contribution in [0.5, 0.6) is 5.75 Å². The molecule has 0 saturated heterocycles. The molecule has 32 heavy (non-hydrogen) atoms. The number of aromatic nitrogens is 2. The fourth-order valence-corrected chi connectivity index (χ4v) is 3.87. The molecule has 1 aromatic heterocycles. The van der Waals surface area contributed by atoms with Crippen molar-refractivity contribution in [2.75, 3.05) is 13.2 Å². The van der Waals surface area contributed by atoms with Gasteiger partial charge in [0.2, 0.25) is 0 Å². The number of fused-ring (bicyclic) bond motifs is 1. The number of nitrogens with one attached hydrogen (secondary N) is 1. The monoisotopic (exact) mass is 447 g/mol. The molecule has 1 amide bonds. The van der Waals surface area contributed by atoms with Crippen molar-refractivity contribution in [3.63, 3.8) is 0 Å². The van der Waals surface area contributed by atoms with Crippen LogP contribution in [0.25, 0.3) is 11.0 Å². The summed E-state index contributed by atoms with van der Waals surface area (Å²) in [5.41, 5.74) is 2.70. The molecule has 0 aliphatic rings. The molecular formula is C26H26ClN3O2. The first kappa shape index (κ1) is 21.9. The number of benzene rings is 3. The minimum atomic E-state index is -0.112. The molecule has 0 spiro atoms. The molecule has 1 N–H and O–H groups in total. The van der Waals surface area contributed by atoms with Gasteiger partial charge in [-0.1, -0.05) is 48.0 Å². The lowest BCUT2D eigenvalue weighted by molar-refractivity contribution is 0.0953. The number of carbonyl (C=O) groups excluding carboxylic acids is 1. The zero-order chi connectivity index (χ0) is 22.2. The van der Waals surface area contributed by atoms with Gasteiger partial charge in [-0.3, -0.25) is 4.79 Å². The third-order valence-electron chi connectivity index (χ3n) is 5.22. The van der Waals surface area contributed by atoms with Gasteiger partial charge >= 0.3 is 0 Å². The predicted molar refractivity (Wildman–Crippen MR) is 128 cm³/mol. The fraction of sp³-hybridized carbons (Fsp3) is 0.231. The lowest BCUT2D eigenvalue weighted by atomic mass is 10.2. The molecular weight excluding hydrogens is 422 g/mol. The number of halogens is 1. The Morgan fingerprint density at radius 1 is 0.969 bits per heavy atom. The lowest BCUT2D eigenvalue weighted by Crippen LogP contribution is -2.25. The van der Waals surface area contributed by atoms with Gasteiger partial charge in [0.15, 0.2) is 0 Å². The van der Waals surface area contributed by atoms with E-state index in [1.54, 1.807) is 24.3 Å². The molecule has 0 unspecified atom stereocenters. The quantitative estimate of drug-likeness (QED) is 0.325. The number of ether oxygens (including phenoxy) is 1. The molecule has 4 aromatic rings. The van der Waals surface area contributed by atoms with Crippen molar-refractivity contribution in [2.45, 2.75) is 25.8 Å². The second kappa shape index (κ2) is 10.8. The summed E-state index contributed by atoms with van der Waals surface area (Å²) in [6, 6.07) is 25.0. The maximum absolute atomic E-state index is 12.3. The molecule has 4 rings (SSSR count). The highest BCUT2D eigenvalue weighted by atomic mass is 35.5. The van der Waals surface area contributed by atoms with Gasteiger partial charge in [0, 0.05) is 30.1 Å². The van der Waals surface area contributed by atoms with Crippen LogP contribution in [-0.2, 0) is 13.0 Å². The maximum Gasteiger partial charge on any atom is 0.251 e. The molecule has 5 nitrogen and oxygen atoms in total. The number of aryl methyl sites for hydroxylation is 2. The SMILES string of the molecule is O=C(NCCCc1nc2ccccc2n1CCCOc1ccccc1)c1cccc(Cl)c1. The number of nitrogens with zero attached hydrogens (tertiary/aromatic N) is 2. The van der Waals surface area contributed by atoms with Crippen LogP contribution < -0.4 is 10.1 Å². The molecule has 0 aliphatic carbocycles. The Hall–Kier alpha value is -3.31. The summed E-state index contributed by atoms with van der Waals surface area (Å²) in [4.78, 5) is 17.1. The summed E-state index contributed by atoms with van der Waals surface area (Å²) in [5, 5.41) is 3.52. The van der Waals surface area contributed by atoms with Gasteiger partial charge in [-0.15, -0.1) is 0 Å². The van der Waals surface area contributed by atoms with Crippen LogP contribution >= 0.6 is 11.6 Å². The number of carbonyl (C=O) groups is 1. The number of amides is 1. The predicted octanol–water partition coefficient (Wildman–Crippen LogP) is 5.52. The average Bonchev–Trinajstić information content (AvgIpc) is 3.17. The van der Waals surface area contributed by atoms with Crippen LogP contribution in [0.15, 0.2) is 78.9 Å². The molecule has 0 saturated carbocycles. The van der Waals surface area contributed by atoms with Gasteiger partial charge in [0.25, 0.3) is 5.91 Å². The molecule has 164 valence electrons. The van der Waals surface area contributed by atoms with Crippen LogP contribution in [-0.4, -0.2) is 28.6 Å². The third kappa shape index (κ3) is 5.68. The molecule has 0 bridgehead atoms. The Morgan fingerprint density at radius 2 is 1.78 bits per heavy atom. The first-order chi connectivity index (χ1) is 15.7. The van der Waals surface area contributed by atoms with Gasteiger partial charge < -0.3 is 14.6 Å². The summed E-state index contributed by atoms with van der Waals surface area (Å²) in [7, 11) is 0. The Bertz CT molecular complexity index is 1170. The number of hydrogen-bond acceptors (Lipinski definition) is 3. The van der Waals surface area contributed by atoms with E-state index >= 15 is 0 Å². The van der Waals surface area contributed by atoms with E-state index in [4.69, 9.17) is 21.3 Å². The minimum Gasteiger partial charge on any atom is -0.494 e. The van der Waals surface area contributed by atoms with Crippen molar-refractivity contribution in [2.24, 2.45) is 0 Å². The van der Waals surface area contributed by atoms with Gasteiger partial charge in [-0.25, -0.2) is 4.98 Å². The van der Waals surface area contributed by atoms with E-state index < -0.39 is 0 Å². The zero-order valence-electron chi connectivity index (χ0n) is 17.8. The van der Waals surface area contributed by atoms with Crippen molar-refractivity contribution in [3.05, 3.63) is 95.3 Å². The van der Waals surface area contributed by atoms with Gasteiger partial charge in [0.05, 0.1) is 17.6 Å². The Morgan fingerprint density at radius 3 is 2.62 bits per heavy atom. The third-order valence-corrected chi connectivity index (χ3v) is 5.46. The zero-order valence-corrected chi connectivity index (χ0v) is 18.6. The van der Waals surface area contributed by atoms with Crippen molar-refractivity contribution in [3.8, 4) is 5.75 Å². The highest BCUT2D eigenvalue weighted by Crippen LogP contribution is 2.18. The van der Waals surface area contributed by atoms with Gasteiger partial charge in [0.1, 0.15) is 11.6 Å². The van der Waals surface area contributed by atoms with E-state index in [0.717, 1.165) is 48.4 Å². The van der Waals surface area contributed by atoms with E-state index in [0.29, 0.717) is 23.7 Å². The van der Waals surface area contributed by atoms with Crippen LogP contribution in [0.3, 0.4) is 0 Å². The van der Waals surface area contributed by atoms with Gasteiger partial charge in [-0.2, -0.15) is 0 Å². The van der Waals surface area contributed by atoms with E-state index in [9.17, 15) is 4.79 Å². The number of rotatable bonds is 10. The molecule has 3 aromatic carbocycles. The van der Waals surface area contributed by atoms with E-state index in [-0.39, 0.29) is 5.91 Å². The number of hydrogen-bond donors (Lipinski definition) is 1. The normalized spacial score (nSPS) is 10.9. The number of para-hydroxylation sites is 3. The minimum absolute atomic E-state index is 0.112. The van der Waals surface area contributed by atoms with Crippen molar-refractivity contribution in [1.29, 1.82) is 0 Å². The van der Waals surface area contributed by atoms with Crippen molar-refractivity contribution >= 4 is 28.5 Å². The summed E-state index contributed by atoms with van der Waals surface area (Å²) < 4.78 is 8.11. The first-order valence-corrected chi connectivity index (χ1v) is 11.2. The molecule has 6 heteroatoms. The van der Waals surface area contributed by atoms with Gasteiger partial charge in [-0.05, 0) is 55.3 Å². The smallest absolute Gasteiger partial charge is 0.251 e. The van der Waals surface area contributed by atoms with Crippen LogP contribution in [0.1, 0.15) is 29.0 Å². The first-order valence-electron chi connectivity index (χ1n) is 10.9. The number of imidazole rings is 1. The Kier molecular flexibility index (Phi) is 7.41. The molecule has 0 fully saturated rings.